The van der Waals surface area contributed by atoms with E-state index in [9.17, 15) is 0 Å². The highest BCUT2D eigenvalue weighted by atomic mass is 32.2. The maximum atomic E-state index is 8.54. The van der Waals surface area contributed by atoms with Gasteiger partial charge in [0.05, 0.1) is 27.8 Å². The van der Waals surface area contributed by atoms with Gasteiger partial charge in [-0.25, -0.2) is 4.99 Å². The SMILES string of the molecule is N=C(N=C(N)c1ccc(-n2c3ccccc3c3ccc4c(c32)Sc2ccccc2C42c3ccccc3N(c3ccccc3)c3ccccc32)cc1)c1ccccc1. The molecule has 57 heavy (non-hydrogen) atoms. The molecule has 5 nitrogen and oxygen atoms in total. The number of fused-ring (bicyclic) bond motifs is 12. The van der Waals surface area contributed by atoms with Crippen LogP contribution in [0.3, 0.4) is 0 Å². The molecule has 0 fully saturated rings. The predicted octanol–water partition coefficient (Wildman–Crippen LogP) is 12.1. The Morgan fingerprint density at radius 1 is 0.509 bits per heavy atom. The topological polar surface area (TPSA) is 70.4 Å². The molecule has 0 saturated carbocycles. The average molecular weight is 750 g/mol. The monoisotopic (exact) mass is 749 g/mol. The van der Waals surface area contributed by atoms with E-state index in [0.717, 1.165) is 28.0 Å². The number of anilines is 3. The normalized spacial score (nSPS) is 13.9. The number of nitrogens with one attached hydrogen (secondary N) is 1. The second-order valence-corrected chi connectivity index (χ2v) is 15.6. The number of hydrogen-bond donors (Lipinski definition) is 2. The highest BCUT2D eigenvalue weighted by molar-refractivity contribution is 7.99. The lowest BCUT2D eigenvalue weighted by Crippen LogP contribution is -2.39. The molecule has 2 aliphatic rings. The fourth-order valence-corrected chi connectivity index (χ4v) is 10.4. The lowest BCUT2D eigenvalue weighted by molar-refractivity contribution is 0.694. The summed E-state index contributed by atoms with van der Waals surface area (Å²) in [4.78, 5) is 9.37. The Morgan fingerprint density at radius 3 is 1.82 bits per heavy atom. The number of nitrogens with two attached hydrogens (primary N) is 1. The lowest BCUT2D eigenvalue weighted by Gasteiger charge is -2.49. The van der Waals surface area contributed by atoms with Gasteiger partial charge in [-0.3, -0.25) is 5.41 Å². The van der Waals surface area contributed by atoms with Gasteiger partial charge < -0.3 is 15.2 Å². The van der Waals surface area contributed by atoms with Crippen molar-refractivity contribution in [3.8, 4) is 5.69 Å². The second-order valence-electron chi connectivity index (χ2n) is 14.5. The summed E-state index contributed by atoms with van der Waals surface area (Å²) in [5.74, 6) is 0.443. The molecule has 11 rings (SSSR count). The van der Waals surface area contributed by atoms with Gasteiger partial charge in [-0.2, -0.15) is 0 Å². The first-order valence-electron chi connectivity index (χ1n) is 19.1. The molecule has 0 saturated heterocycles. The first-order valence-corrected chi connectivity index (χ1v) is 19.9. The first kappa shape index (κ1) is 33.2. The molecule has 9 aromatic rings. The number of aromatic nitrogens is 1. The highest BCUT2D eigenvalue weighted by Gasteiger charge is 2.50. The quantitative estimate of drug-likeness (QED) is 0.139. The lowest BCUT2D eigenvalue weighted by atomic mass is 9.62. The van der Waals surface area contributed by atoms with Gasteiger partial charge in [-0.1, -0.05) is 145 Å². The molecule has 0 bridgehead atoms. The maximum Gasteiger partial charge on any atom is 0.154 e. The number of nitrogens with zero attached hydrogens (tertiary/aromatic N) is 3. The second kappa shape index (κ2) is 13.0. The van der Waals surface area contributed by atoms with Gasteiger partial charge in [0, 0.05) is 43.1 Å². The summed E-state index contributed by atoms with van der Waals surface area (Å²) in [5.41, 5.74) is 19.3. The molecule has 0 radical (unpaired) electrons. The molecule has 0 unspecified atom stereocenters. The minimum atomic E-state index is -0.594. The smallest absolute Gasteiger partial charge is 0.154 e. The third kappa shape index (κ3) is 4.91. The van der Waals surface area contributed by atoms with Crippen LogP contribution >= 0.6 is 11.8 Å². The van der Waals surface area contributed by atoms with Crippen LogP contribution in [-0.4, -0.2) is 16.2 Å². The van der Waals surface area contributed by atoms with Gasteiger partial charge in [0.25, 0.3) is 0 Å². The zero-order valence-electron chi connectivity index (χ0n) is 30.8. The van der Waals surface area contributed by atoms with Crippen molar-refractivity contribution in [1.82, 2.24) is 4.57 Å². The van der Waals surface area contributed by atoms with E-state index in [-0.39, 0.29) is 5.84 Å². The summed E-state index contributed by atoms with van der Waals surface area (Å²) in [6, 6.07) is 68.8. The Kier molecular flexibility index (Phi) is 7.56. The van der Waals surface area contributed by atoms with Gasteiger partial charge in [0.2, 0.25) is 0 Å². The molecular weight excluding hydrogens is 715 g/mol. The van der Waals surface area contributed by atoms with Crippen LogP contribution in [0.25, 0.3) is 27.5 Å². The minimum Gasteiger partial charge on any atom is -0.383 e. The number of para-hydroxylation sites is 4. The van der Waals surface area contributed by atoms with Crippen molar-refractivity contribution in [3.05, 3.63) is 228 Å². The van der Waals surface area contributed by atoms with Crippen molar-refractivity contribution in [1.29, 1.82) is 5.41 Å². The van der Waals surface area contributed by atoms with Crippen LogP contribution < -0.4 is 10.6 Å². The van der Waals surface area contributed by atoms with Gasteiger partial charge >= 0.3 is 0 Å². The van der Waals surface area contributed by atoms with Crippen LogP contribution in [0, 0.1) is 5.41 Å². The highest BCUT2D eigenvalue weighted by Crippen LogP contribution is 2.63. The molecule has 6 heteroatoms. The average Bonchev–Trinajstić information content (AvgIpc) is 3.62. The van der Waals surface area contributed by atoms with E-state index < -0.39 is 5.41 Å². The molecule has 3 heterocycles. The fraction of sp³-hybridized carbons (Fsp3) is 0.0196. The number of aliphatic imine (C=N–C) groups is 1. The van der Waals surface area contributed by atoms with Crippen LogP contribution in [0.4, 0.5) is 17.1 Å². The van der Waals surface area contributed by atoms with Crippen LogP contribution in [0.5, 0.6) is 0 Å². The van der Waals surface area contributed by atoms with E-state index in [4.69, 9.17) is 11.1 Å². The van der Waals surface area contributed by atoms with Gasteiger partial charge in [0.1, 0.15) is 5.84 Å². The minimum absolute atomic E-state index is 0.134. The zero-order chi connectivity index (χ0) is 38.1. The molecule has 8 aromatic carbocycles. The maximum absolute atomic E-state index is 8.54. The predicted molar refractivity (Wildman–Crippen MR) is 235 cm³/mol. The molecule has 0 amide bonds. The third-order valence-corrected chi connectivity index (χ3v) is 12.7. The fourth-order valence-electron chi connectivity index (χ4n) is 9.12. The van der Waals surface area contributed by atoms with Crippen molar-refractivity contribution >= 4 is 62.3 Å². The van der Waals surface area contributed by atoms with Gasteiger partial charge in [-0.05, 0) is 82.9 Å². The number of rotatable bonds is 4. The molecule has 1 spiro atoms. The molecule has 2 aliphatic heterocycles. The summed E-state index contributed by atoms with van der Waals surface area (Å²) in [6.45, 7) is 0. The van der Waals surface area contributed by atoms with Crippen molar-refractivity contribution < 1.29 is 0 Å². The molecule has 0 atom stereocenters. The van der Waals surface area contributed by atoms with Gasteiger partial charge in [-0.15, -0.1) is 0 Å². The van der Waals surface area contributed by atoms with Crippen LogP contribution in [0.1, 0.15) is 33.4 Å². The molecule has 270 valence electrons. The van der Waals surface area contributed by atoms with Crippen LogP contribution in [0.15, 0.2) is 209 Å². The Bertz CT molecular complexity index is 3030. The molecule has 3 N–H and O–H groups in total. The van der Waals surface area contributed by atoms with E-state index in [0.29, 0.717) is 5.84 Å². The van der Waals surface area contributed by atoms with Gasteiger partial charge in [0.15, 0.2) is 5.84 Å². The Morgan fingerprint density at radius 2 is 1.11 bits per heavy atom. The summed E-state index contributed by atoms with van der Waals surface area (Å²) >= 11 is 1.87. The summed E-state index contributed by atoms with van der Waals surface area (Å²) in [7, 11) is 0. The largest absolute Gasteiger partial charge is 0.383 e. The van der Waals surface area contributed by atoms with Crippen molar-refractivity contribution in [2.24, 2.45) is 10.7 Å². The van der Waals surface area contributed by atoms with Crippen LogP contribution in [0.2, 0.25) is 0 Å². The Hall–Kier alpha value is -7.15. The van der Waals surface area contributed by atoms with E-state index in [1.807, 2.05) is 54.2 Å². The summed E-state index contributed by atoms with van der Waals surface area (Å²) in [5, 5.41) is 10.9. The van der Waals surface area contributed by atoms with Crippen LogP contribution in [-0.2, 0) is 5.41 Å². The van der Waals surface area contributed by atoms with E-state index in [1.165, 1.54) is 59.7 Å². The first-order chi connectivity index (χ1) is 28.1. The number of amidine groups is 2. The van der Waals surface area contributed by atoms with E-state index >= 15 is 0 Å². The number of benzene rings is 8. The standard InChI is InChI=1S/C51H35N5S/c52-49(33-15-3-1-4-16-33)54-50(53)34-27-29-36(30-28-34)56-43-23-11-7-19-37(43)38-31-32-42-48(47(38)56)57-46-26-14-10-22-41(46)51(42)39-20-8-12-24-44(39)55(35-17-5-2-6-18-35)45-25-13-9-21-40(45)51/h1-32H,(H3,52,53,54). The van der Waals surface area contributed by atoms with E-state index in [2.05, 4.69) is 166 Å². The van der Waals surface area contributed by atoms with Crippen molar-refractivity contribution in [2.75, 3.05) is 4.90 Å². The zero-order valence-corrected chi connectivity index (χ0v) is 31.6. The Balaban J connectivity index is 1.17. The molecular formula is C51H35N5S. The van der Waals surface area contributed by atoms with Crippen molar-refractivity contribution in [2.45, 2.75) is 15.2 Å². The Labute approximate surface area is 334 Å². The molecule has 0 aliphatic carbocycles. The number of hydrogen-bond acceptors (Lipinski definition) is 3. The van der Waals surface area contributed by atoms with Crippen molar-refractivity contribution in [3.63, 3.8) is 0 Å². The van der Waals surface area contributed by atoms with E-state index in [1.54, 1.807) is 0 Å². The third-order valence-electron chi connectivity index (χ3n) is 11.5. The summed E-state index contributed by atoms with van der Waals surface area (Å²) < 4.78 is 2.41. The summed E-state index contributed by atoms with van der Waals surface area (Å²) in [6.07, 6.45) is 0. The molecule has 1 aromatic heterocycles.